The van der Waals surface area contributed by atoms with Crippen molar-refractivity contribution in [2.24, 2.45) is 7.05 Å². The number of aryl methyl sites for hydroxylation is 1. The topological polar surface area (TPSA) is 56.1 Å². The second-order valence-electron chi connectivity index (χ2n) is 8.63. The number of methoxy groups -OCH3 is 1. The molecule has 0 N–H and O–H groups in total. The van der Waals surface area contributed by atoms with Gasteiger partial charge in [0.2, 0.25) is 0 Å². The van der Waals surface area contributed by atoms with E-state index in [0.29, 0.717) is 5.02 Å². The molecular weight excluding hydrogens is 458 g/mol. The van der Waals surface area contributed by atoms with Crippen molar-refractivity contribution in [3.63, 3.8) is 0 Å². The molecule has 0 aliphatic rings. The van der Waals surface area contributed by atoms with Crippen molar-refractivity contribution in [3.05, 3.63) is 107 Å². The van der Waals surface area contributed by atoms with Gasteiger partial charge in [0.05, 0.1) is 28.8 Å². The van der Waals surface area contributed by atoms with Gasteiger partial charge in [0, 0.05) is 51.6 Å². The molecular formula is C28H26ClN5O. The van der Waals surface area contributed by atoms with Crippen LogP contribution in [0.4, 0.5) is 5.82 Å². The van der Waals surface area contributed by atoms with Crippen molar-refractivity contribution in [2.75, 3.05) is 26.1 Å². The zero-order valence-corrected chi connectivity index (χ0v) is 20.9. The van der Waals surface area contributed by atoms with Crippen LogP contribution in [0.5, 0.6) is 0 Å². The predicted octanol–water partition coefficient (Wildman–Crippen LogP) is 5.69. The van der Waals surface area contributed by atoms with Crippen LogP contribution in [0.1, 0.15) is 16.8 Å². The molecule has 1 atom stereocenters. The summed E-state index contributed by atoms with van der Waals surface area (Å²) in [6, 6.07) is 20.2. The highest BCUT2D eigenvalue weighted by molar-refractivity contribution is 6.38. The van der Waals surface area contributed by atoms with Crippen LogP contribution in [-0.4, -0.2) is 40.7 Å². The maximum absolute atomic E-state index is 7.16. The van der Waals surface area contributed by atoms with Gasteiger partial charge in [-0.25, -0.2) is 9.97 Å². The minimum atomic E-state index is -0.918. The van der Waals surface area contributed by atoms with Crippen molar-refractivity contribution >= 4 is 28.3 Å². The largest absolute Gasteiger partial charge is 0.362 e. The molecule has 0 fully saturated rings. The molecule has 0 saturated heterocycles. The van der Waals surface area contributed by atoms with Gasteiger partial charge in [0.25, 0.3) is 0 Å². The number of nitrogens with zero attached hydrogens (tertiary/aromatic N) is 5. The molecule has 0 aliphatic heterocycles. The number of rotatable bonds is 6. The fourth-order valence-electron chi connectivity index (χ4n) is 4.70. The number of ether oxygens (including phenoxy) is 1. The third kappa shape index (κ3) is 3.75. The van der Waals surface area contributed by atoms with Crippen LogP contribution in [0.15, 0.2) is 85.6 Å². The Hall–Kier alpha value is -3.74. The van der Waals surface area contributed by atoms with E-state index in [-0.39, 0.29) is 0 Å². The Labute approximate surface area is 209 Å². The first-order valence-corrected chi connectivity index (χ1v) is 11.6. The molecule has 0 saturated carbocycles. The molecule has 0 radical (unpaired) electrons. The smallest absolute Gasteiger partial charge is 0.159 e. The van der Waals surface area contributed by atoms with E-state index in [0.717, 1.165) is 44.7 Å². The minimum absolute atomic E-state index is 0.650. The number of aromatic nitrogens is 4. The molecule has 35 heavy (non-hydrogen) atoms. The number of fused-ring (bicyclic) bond motifs is 1. The molecule has 7 heteroatoms. The molecule has 3 aromatic heterocycles. The summed E-state index contributed by atoms with van der Waals surface area (Å²) >= 11 is 7.16. The van der Waals surface area contributed by atoms with Gasteiger partial charge < -0.3 is 14.2 Å². The zero-order chi connectivity index (χ0) is 24.6. The van der Waals surface area contributed by atoms with Crippen LogP contribution in [0, 0.1) is 0 Å². The number of pyridine rings is 2. The van der Waals surface area contributed by atoms with Gasteiger partial charge in [-0.3, -0.25) is 4.98 Å². The quantitative estimate of drug-likeness (QED) is 0.310. The SMILES string of the molecule is COC(c1ccncc1)(c1ccc2nc(N(C)C)c(-c3ccccc3)c(Cl)c2c1)c1cncn1C. The molecule has 0 spiro atoms. The van der Waals surface area contributed by atoms with Gasteiger partial charge in [-0.15, -0.1) is 0 Å². The zero-order valence-electron chi connectivity index (χ0n) is 20.1. The number of halogens is 1. The fourth-order valence-corrected chi connectivity index (χ4v) is 5.05. The van der Waals surface area contributed by atoms with E-state index in [2.05, 4.69) is 28.2 Å². The molecule has 6 nitrogen and oxygen atoms in total. The third-order valence-corrected chi connectivity index (χ3v) is 6.76. The molecule has 0 amide bonds. The second-order valence-corrected chi connectivity index (χ2v) is 9.01. The Morgan fingerprint density at radius 2 is 1.69 bits per heavy atom. The van der Waals surface area contributed by atoms with E-state index in [1.165, 1.54) is 0 Å². The lowest BCUT2D eigenvalue weighted by atomic mass is 9.83. The van der Waals surface area contributed by atoms with Crippen LogP contribution in [0.2, 0.25) is 5.02 Å². The highest BCUT2D eigenvalue weighted by Crippen LogP contribution is 2.44. The lowest BCUT2D eigenvalue weighted by Gasteiger charge is -2.34. The lowest BCUT2D eigenvalue weighted by molar-refractivity contribution is 0.0524. The number of benzene rings is 2. The van der Waals surface area contributed by atoms with Crippen molar-refractivity contribution in [1.82, 2.24) is 19.5 Å². The summed E-state index contributed by atoms with van der Waals surface area (Å²) in [5, 5.41) is 1.50. The summed E-state index contributed by atoms with van der Waals surface area (Å²) in [6.07, 6.45) is 7.15. The van der Waals surface area contributed by atoms with Gasteiger partial charge >= 0.3 is 0 Å². The van der Waals surface area contributed by atoms with Crippen LogP contribution >= 0.6 is 11.6 Å². The number of hydrogen-bond acceptors (Lipinski definition) is 5. The summed E-state index contributed by atoms with van der Waals surface area (Å²) in [5.41, 5.74) is 4.56. The van der Waals surface area contributed by atoms with E-state index < -0.39 is 5.60 Å². The molecule has 5 aromatic rings. The maximum atomic E-state index is 7.16. The number of anilines is 1. The monoisotopic (exact) mass is 483 g/mol. The van der Waals surface area contributed by atoms with Crippen molar-refractivity contribution in [1.29, 1.82) is 0 Å². The van der Waals surface area contributed by atoms with Gasteiger partial charge in [0.1, 0.15) is 5.82 Å². The minimum Gasteiger partial charge on any atom is -0.362 e. The Morgan fingerprint density at radius 3 is 2.31 bits per heavy atom. The predicted molar refractivity (Wildman–Crippen MR) is 141 cm³/mol. The molecule has 0 bridgehead atoms. The van der Waals surface area contributed by atoms with E-state index in [1.807, 2.05) is 79.3 Å². The van der Waals surface area contributed by atoms with Gasteiger partial charge in [-0.2, -0.15) is 0 Å². The Balaban J connectivity index is 1.83. The van der Waals surface area contributed by atoms with Crippen molar-refractivity contribution in [2.45, 2.75) is 5.60 Å². The summed E-state index contributed by atoms with van der Waals surface area (Å²) in [4.78, 5) is 15.6. The third-order valence-electron chi connectivity index (χ3n) is 6.37. The van der Waals surface area contributed by atoms with Crippen LogP contribution in [0.3, 0.4) is 0 Å². The Morgan fingerprint density at radius 1 is 0.943 bits per heavy atom. The molecule has 3 heterocycles. The number of hydrogen-bond donors (Lipinski definition) is 0. The normalized spacial score (nSPS) is 13.1. The Kier molecular flexibility index (Phi) is 6.01. The van der Waals surface area contributed by atoms with Gasteiger partial charge in [-0.05, 0) is 41.0 Å². The van der Waals surface area contributed by atoms with Crippen LogP contribution in [0.25, 0.3) is 22.0 Å². The summed E-state index contributed by atoms with van der Waals surface area (Å²) < 4.78 is 8.31. The molecule has 2 aromatic carbocycles. The first-order chi connectivity index (χ1) is 17.0. The first-order valence-electron chi connectivity index (χ1n) is 11.3. The highest BCUT2D eigenvalue weighted by Gasteiger charge is 2.39. The van der Waals surface area contributed by atoms with E-state index >= 15 is 0 Å². The molecule has 5 rings (SSSR count). The Bertz CT molecular complexity index is 1480. The van der Waals surface area contributed by atoms with Crippen LogP contribution < -0.4 is 4.90 Å². The van der Waals surface area contributed by atoms with Gasteiger partial charge in [0.15, 0.2) is 5.60 Å². The summed E-state index contributed by atoms with van der Waals surface area (Å²) in [6.45, 7) is 0. The average molecular weight is 484 g/mol. The average Bonchev–Trinajstić information content (AvgIpc) is 3.32. The first kappa shape index (κ1) is 23.0. The van der Waals surface area contributed by atoms with Crippen molar-refractivity contribution < 1.29 is 4.74 Å². The van der Waals surface area contributed by atoms with E-state index in [1.54, 1.807) is 25.8 Å². The molecule has 0 aliphatic carbocycles. The van der Waals surface area contributed by atoms with E-state index in [4.69, 9.17) is 21.3 Å². The standard InChI is InChI=1S/C28H26ClN5O/c1-33(2)27-25(19-8-6-5-7-9-19)26(29)22-16-21(10-11-23(22)32-27)28(35-4,20-12-14-30-15-13-20)24-17-31-18-34(24)3/h5-18H,1-4H3. The summed E-state index contributed by atoms with van der Waals surface area (Å²) in [7, 11) is 7.63. The maximum Gasteiger partial charge on any atom is 0.159 e. The van der Waals surface area contributed by atoms with Crippen molar-refractivity contribution in [3.8, 4) is 11.1 Å². The summed E-state index contributed by atoms with van der Waals surface area (Å²) in [5.74, 6) is 0.820. The molecule has 1 unspecified atom stereocenters. The second kappa shape index (κ2) is 9.13. The highest BCUT2D eigenvalue weighted by atomic mass is 35.5. The lowest BCUT2D eigenvalue weighted by Crippen LogP contribution is -2.33. The number of imidazole rings is 1. The molecule has 176 valence electrons. The van der Waals surface area contributed by atoms with Crippen LogP contribution in [-0.2, 0) is 17.4 Å². The fraction of sp³-hybridized carbons (Fsp3) is 0.179. The van der Waals surface area contributed by atoms with Gasteiger partial charge in [-0.1, -0.05) is 48.0 Å². The van der Waals surface area contributed by atoms with E-state index in [9.17, 15) is 0 Å².